The van der Waals surface area contributed by atoms with Crippen LogP contribution in [0.2, 0.25) is 5.02 Å². The molecule has 152 valence electrons. The lowest BCUT2D eigenvalue weighted by molar-refractivity contribution is 0.269. The van der Waals surface area contributed by atoms with E-state index in [0.29, 0.717) is 36.3 Å². The van der Waals surface area contributed by atoms with Crippen LogP contribution < -0.4 is 14.8 Å². The van der Waals surface area contributed by atoms with Crippen LogP contribution in [0.25, 0.3) is 0 Å². The molecule has 1 N–H and O–H groups in total. The van der Waals surface area contributed by atoms with Crippen LogP contribution in [0.1, 0.15) is 42.1 Å². The summed E-state index contributed by atoms with van der Waals surface area (Å²) in [6.45, 7) is 7.87. The van der Waals surface area contributed by atoms with Crippen LogP contribution in [0.4, 0.5) is 0 Å². The highest BCUT2D eigenvalue weighted by Crippen LogP contribution is 2.37. The van der Waals surface area contributed by atoms with Crippen LogP contribution >= 0.6 is 11.6 Å². The second kappa shape index (κ2) is 10.3. The van der Waals surface area contributed by atoms with E-state index >= 15 is 0 Å². The first-order valence-electron chi connectivity index (χ1n) is 9.98. The Hall–Kier alpha value is -2.49. The maximum absolute atomic E-state index is 6.57. The van der Waals surface area contributed by atoms with Gasteiger partial charge in [-0.1, -0.05) is 71.8 Å². The van der Waals surface area contributed by atoms with Crippen molar-refractivity contribution in [3.63, 3.8) is 0 Å². The molecule has 3 nitrogen and oxygen atoms in total. The molecule has 0 heterocycles. The van der Waals surface area contributed by atoms with Gasteiger partial charge in [0.05, 0.1) is 11.6 Å². The summed E-state index contributed by atoms with van der Waals surface area (Å²) in [5.74, 6) is 1.27. The summed E-state index contributed by atoms with van der Waals surface area (Å²) in [4.78, 5) is 0. The molecule has 0 saturated heterocycles. The molecule has 0 amide bonds. The quantitative estimate of drug-likeness (QED) is 0.439. The molecule has 3 aromatic rings. The molecule has 0 aliphatic heterocycles. The van der Waals surface area contributed by atoms with Crippen LogP contribution in [0.3, 0.4) is 0 Å². The maximum atomic E-state index is 6.57. The van der Waals surface area contributed by atoms with Crippen molar-refractivity contribution >= 4 is 11.6 Å². The smallest absolute Gasteiger partial charge is 0.180 e. The molecule has 0 radical (unpaired) electrons. The summed E-state index contributed by atoms with van der Waals surface area (Å²) in [7, 11) is 0. The van der Waals surface area contributed by atoms with E-state index in [1.807, 2.05) is 37.3 Å². The summed E-state index contributed by atoms with van der Waals surface area (Å²) in [6.07, 6.45) is 0. The van der Waals surface area contributed by atoms with E-state index in [1.165, 1.54) is 11.1 Å². The average molecular weight is 410 g/mol. The molecule has 0 aliphatic carbocycles. The number of hydrogen-bond donors (Lipinski definition) is 1. The molecule has 0 aliphatic rings. The monoisotopic (exact) mass is 409 g/mol. The van der Waals surface area contributed by atoms with Gasteiger partial charge >= 0.3 is 0 Å². The highest BCUT2D eigenvalue weighted by Gasteiger charge is 2.14. The van der Waals surface area contributed by atoms with Gasteiger partial charge in [0.1, 0.15) is 6.61 Å². The second-order valence-corrected chi connectivity index (χ2v) is 7.54. The zero-order chi connectivity index (χ0) is 20.6. The van der Waals surface area contributed by atoms with Gasteiger partial charge in [-0.25, -0.2) is 0 Å². The Bertz CT molecular complexity index is 927. The highest BCUT2D eigenvalue weighted by atomic mass is 35.5. The van der Waals surface area contributed by atoms with Crippen molar-refractivity contribution in [3.8, 4) is 11.5 Å². The summed E-state index contributed by atoms with van der Waals surface area (Å²) in [5.41, 5.74) is 4.62. The minimum atomic E-state index is 0.239. The molecular weight excluding hydrogens is 382 g/mol. The largest absolute Gasteiger partial charge is 0.490 e. The fourth-order valence-electron chi connectivity index (χ4n) is 3.21. The lowest BCUT2D eigenvalue weighted by Gasteiger charge is -2.18. The van der Waals surface area contributed by atoms with Crippen molar-refractivity contribution in [3.05, 3.63) is 94.0 Å². The molecule has 29 heavy (non-hydrogen) atoms. The molecular formula is C25H28ClNO2. The fraction of sp³-hybridized carbons (Fsp3) is 0.280. The topological polar surface area (TPSA) is 30.5 Å². The zero-order valence-corrected chi connectivity index (χ0v) is 18.0. The molecule has 4 heteroatoms. The standard InChI is InChI=1S/C25H28ClNO2/c1-4-28-24-15-21(16-27-19(3)22-11-6-5-7-12-22)14-23(26)25(24)29-17-20-10-8-9-18(2)13-20/h5-15,19,27H,4,16-17H2,1-3H3. The van der Waals surface area contributed by atoms with Crippen molar-refractivity contribution in [2.75, 3.05) is 6.61 Å². The summed E-state index contributed by atoms with van der Waals surface area (Å²) in [6, 6.07) is 22.8. The third-order valence-corrected chi connectivity index (χ3v) is 5.03. The van der Waals surface area contributed by atoms with Crippen molar-refractivity contribution in [2.45, 2.75) is 40.0 Å². The van der Waals surface area contributed by atoms with E-state index in [0.717, 1.165) is 11.1 Å². The third kappa shape index (κ3) is 5.99. The number of rotatable bonds is 9. The third-order valence-electron chi connectivity index (χ3n) is 4.75. The van der Waals surface area contributed by atoms with E-state index in [2.05, 4.69) is 55.6 Å². The molecule has 0 fully saturated rings. The Balaban J connectivity index is 1.71. The van der Waals surface area contributed by atoms with Crippen molar-refractivity contribution in [2.24, 2.45) is 0 Å². The van der Waals surface area contributed by atoms with E-state index in [-0.39, 0.29) is 6.04 Å². The fourth-order valence-corrected chi connectivity index (χ4v) is 3.50. The predicted molar refractivity (Wildman–Crippen MR) is 120 cm³/mol. The molecule has 3 aromatic carbocycles. The number of benzene rings is 3. The van der Waals surface area contributed by atoms with Gasteiger partial charge in [-0.15, -0.1) is 0 Å². The predicted octanol–water partition coefficient (Wildman–Crippen LogP) is 6.48. The zero-order valence-electron chi connectivity index (χ0n) is 17.2. The number of ether oxygens (including phenoxy) is 2. The van der Waals surface area contributed by atoms with Crippen molar-refractivity contribution in [1.82, 2.24) is 5.32 Å². The highest BCUT2D eigenvalue weighted by molar-refractivity contribution is 6.32. The normalized spacial score (nSPS) is 11.9. The lowest BCUT2D eigenvalue weighted by Crippen LogP contribution is -2.18. The van der Waals surface area contributed by atoms with E-state index in [9.17, 15) is 0 Å². The molecule has 0 bridgehead atoms. The average Bonchev–Trinajstić information content (AvgIpc) is 2.72. The van der Waals surface area contributed by atoms with Gasteiger partial charge in [-0.05, 0) is 49.6 Å². The molecule has 0 spiro atoms. The van der Waals surface area contributed by atoms with Crippen LogP contribution in [0.5, 0.6) is 11.5 Å². The number of hydrogen-bond acceptors (Lipinski definition) is 3. The number of aryl methyl sites for hydroxylation is 1. The lowest BCUT2D eigenvalue weighted by atomic mass is 10.1. The molecule has 1 unspecified atom stereocenters. The van der Waals surface area contributed by atoms with Gasteiger partial charge in [0.2, 0.25) is 0 Å². The van der Waals surface area contributed by atoms with Gasteiger partial charge < -0.3 is 14.8 Å². The Labute approximate surface area is 178 Å². The van der Waals surface area contributed by atoms with E-state index in [4.69, 9.17) is 21.1 Å². The molecule has 0 aromatic heterocycles. The van der Waals surface area contributed by atoms with Crippen LogP contribution in [-0.2, 0) is 13.2 Å². The molecule has 3 rings (SSSR count). The van der Waals surface area contributed by atoms with Gasteiger partial charge in [0, 0.05) is 12.6 Å². The molecule has 0 saturated carbocycles. The van der Waals surface area contributed by atoms with Crippen LogP contribution in [-0.4, -0.2) is 6.61 Å². The summed E-state index contributed by atoms with van der Waals surface area (Å²) < 4.78 is 11.9. The Morgan fingerprint density at radius 1 is 0.931 bits per heavy atom. The first kappa shape index (κ1) is 21.2. The van der Waals surface area contributed by atoms with Gasteiger partial charge in [0.25, 0.3) is 0 Å². The van der Waals surface area contributed by atoms with Crippen molar-refractivity contribution in [1.29, 1.82) is 0 Å². The van der Waals surface area contributed by atoms with Gasteiger partial charge in [-0.2, -0.15) is 0 Å². The van der Waals surface area contributed by atoms with E-state index in [1.54, 1.807) is 0 Å². The Morgan fingerprint density at radius 3 is 2.45 bits per heavy atom. The number of nitrogens with one attached hydrogen (secondary N) is 1. The summed E-state index contributed by atoms with van der Waals surface area (Å²) >= 11 is 6.57. The Morgan fingerprint density at radius 2 is 1.72 bits per heavy atom. The van der Waals surface area contributed by atoms with Crippen LogP contribution in [0.15, 0.2) is 66.7 Å². The first-order valence-corrected chi connectivity index (χ1v) is 10.4. The minimum Gasteiger partial charge on any atom is -0.490 e. The molecule has 1 atom stereocenters. The van der Waals surface area contributed by atoms with Crippen LogP contribution in [0, 0.1) is 6.92 Å². The van der Waals surface area contributed by atoms with E-state index < -0.39 is 0 Å². The SMILES string of the molecule is CCOc1cc(CNC(C)c2ccccc2)cc(Cl)c1OCc1cccc(C)c1. The summed E-state index contributed by atoms with van der Waals surface area (Å²) in [5, 5.41) is 4.10. The second-order valence-electron chi connectivity index (χ2n) is 7.13. The van der Waals surface area contributed by atoms with Crippen molar-refractivity contribution < 1.29 is 9.47 Å². The van der Waals surface area contributed by atoms with Gasteiger partial charge in [-0.3, -0.25) is 0 Å². The maximum Gasteiger partial charge on any atom is 0.180 e. The van der Waals surface area contributed by atoms with Gasteiger partial charge in [0.15, 0.2) is 11.5 Å². The number of halogens is 1. The first-order chi connectivity index (χ1) is 14.1. The Kier molecular flexibility index (Phi) is 7.56. The minimum absolute atomic E-state index is 0.239.